The molecule has 8 heteroatoms. The van der Waals surface area contributed by atoms with Crippen LogP contribution in [0.15, 0.2) is 47.2 Å². The second kappa shape index (κ2) is 9.14. The van der Waals surface area contributed by atoms with E-state index in [-0.39, 0.29) is 17.7 Å². The van der Waals surface area contributed by atoms with Crippen molar-refractivity contribution in [3.63, 3.8) is 0 Å². The van der Waals surface area contributed by atoms with Gasteiger partial charge in [-0.2, -0.15) is 0 Å². The van der Waals surface area contributed by atoms with Crippen molar-refractivity contribution >= 4 is 33.7 Å². The Hall–Kier alpha value is -2.48. The van der Waals surface area contributed by atoms with Crippen LogP contribution in [0.5, 0.6) is 0 Å². The summed E-state index contributed by atoms with van der Waals surface area (Å²) in [5.74, 6) is 0.353. The van der Waals surface area contributed by atoms with E-state index in [1.54, 1.807) is 30.6 Å². The fourth-order valence-corrected chi connectivity index (χ4v) is 3.62. The van der Waals surface area contributed by atoms with Gasteiger partial charge in [-0.05, 0) is 40.0 Å². The van der Waals surface area contributed by atoms with E-state index in [9.17, 15) is 9.59 Å². The molecule has 1 atom stereocenters. The number of halogens is 1. The number of aromatic nitrogens is 2. The number of hydrogen-bond acceptors (Lipinski definition) is 5. The lowest BCUT2D eigenvalue weighted by atomic mass is 10.0. The number of anilines is 1. The van der Waals surface area contributed by atoms with Gasteiger partial charge in [0.2, 0.25) is 11.9 Å². The summed E-state index contributed by atoms with van der Waals surface area (Å²) in [4.78, 5) is 38.2. The highest BCUT2D eigenvalue weighted by Crippen LogP contribution is 2.17. The van der Waals surface area contributed by atoms with Gasteiger partial charge in [0, 0.05) is 43.0 Å². The van der Waals surface area contributed by atoms with E-state index in [1.165, 1.54) is 0 Å². The number of nitrogens with one attached hydrogen (secondary N) is 1. The Morgan fingerprint density at radius 3 is 2.29 bits per heavy atom. The maximum atomic E-state index is 13.1. The minimum absolute atomic E-state index is 0.0191. The normalized spacial score (nSPS) is 15.4. The molecule has 1 fully saturated rings. The van der Waals surface area contributed by atoms with Crippen LogP contribution in [-0.2, 0) is 4.79 Å². The summed E-state index contributed by atoms with van der Waals surface area (Å²) in [7, 11) is 0. The van der Waals surface area contributed by atoms with Gasteiger partial charge in [-0.15, -0.1) is 0 Å². The Balaban J connectivity index is 1.64. The van der Waals surface area contributed by atoms with Gasteiger partial charge in [0.1, 0.15) is 6.04 Å². The van der Waals surface area contributed by atoms with E-state index in [0.29, 0.717) is 42.2 Å². The highest BCUT2D eigenvalue weighted by Gasteiger charge is 2.31. The molecule has 0 bridgehead atoms. The van der Waals surface area contributed by atoms with E-state index >= 15 is 0 Å². The van der Waals surface area contributed by atoms with Gasteiger partial charge >= 0.3 is 0 Å². The molecule has 1 aromatic heterocycles. The third-order valence-corrected chi connectivity index (χ3v) is 5.46. The predicted molar refractivity (Wildman–Crippen MR) is 111 cm³/mol. The molecule has 1 aliphatic rings. The van der Waals surface area contributed by atoms with Crippen molar-refractivity contribution in [2.45, 2.75) is 19.9 Å². The fraction of sp³-hybridized carbons (Fsp3) is 0.400. The molecule has 0 radical (unpaired) electrons. The minimum Gasteiger partial charge on any atom is -0.340 e. The van der Waals surface area contributed by atoms with E-state index in [2.05, 4.69) is 36.1 Å². The molecule has 2 aromatic rings. The minimum atomic E-state index is -0.570. The number of amides is 2. The van der Waals surface area contributed by atoms with Crippen LogP contribution in [0.25, 0.3) is 0 Å². The zero-order valence-electron chi connectivity index (χ0n) is 16.0. The van der Waals surface area contributed by atoms with Gasteiger partial charge in [-0.25, -0.2) is 9.97 Å². The number of benzene rings is 1. The summed E-state index contributed by atoms with van der Waals surface area (Å²) < 4.78 is 0.707. The summed E-state index contributed by atoms with van der Waals surface area (Å²) >= 11 is 3.39. The van der Waals surface area contributed by atoms with Crippen molar-refractivity contribution in [2.75, 3.05) is 31.1 Å². The Labute approximate surface area is 173 Å². The quantitative estimate of drug-likeness (QED) is 0.763. The largest absolute Gasteiger partial charge is 0.340 e. The average Bonchev–Trinajstić information content (AvgIpc) is 2.72. The SMILES string of the molecule is CC(C)[C@@H](NC(=O)c1ccccc1Br)C(=O)N1CCN(c2ncccn2)CC1. The second-order valence-corrected chi connectivity index (χ2v) is 7.89. The van der Waals surface area contributed by atoms with Crippen molar-refractivity contribution in [1.82, 2.24) is 20.2 Å². The highest BCUT2D eigenvalue weighted by molar-refractivity contribution is 9.10. The molecule has 1 N–H and O–H groups in total. The van der Waals surface area contributed by atoms with Crippen molar-refractivity contribution in [1.29, 1.82) is 0 Å². The molecule has 1 saturated heterocycles. The lowest BCUT2D eigenvalue weighted by molar-refractivity contribution is -0.134. The molecule has 7 nitrogen and oxygen atoms in total. The monoisotopic (exact) mass is 445 g/mol. The van der Waals surface area contributed by atoms with Gasteiger partial charge in [-0.1, -0.05) is 26.0 Å². The lowest BCUT2D eigenvalue weighted by Crippen LogP contribution is -2.56. The van der Waals surface area contributed by atoms with Crippen LogP contribution < -0.4 is 10.2 Å². The molecule has 1 aromatic carbocycles. The first-order valence-electron chi connectivity index (χ1n) is 9.33. The standard InChI is InChI=1S/C20H24BrN5O2/c1-14(2)17(24-18(27)15-6-3-4-7-16(15)21)19(28)25-10-12-26(13-11-25)20-22-8-5-9-23-20/h3-9,14,17H,10-13H2,1-2H3,(H,24,27)/t17-/m1/s1. The molecule has 0 spiro atoms. The first kappa shape index (κ1) is 20.3. The van der Waals surface area contributed by atoms with Gasteiger partial charge in [0.25, 0.3) is 5.91 Å². The van der Waals surface area contributed by atoms with Crippen LogP contribution >= 0.6 is 15.9 Å². The number of hydrogen-bond donors (Lipinski definition) is 1. The third-order valence-electron chi connectivity index (χ3n) is 4.76. The molecule has 148 valence electrons. The summed E-state index contributed by atoms with van der Waals surface area (Å²) in [6.07, 6.45) is 3.43. The number of piperazine rings is 1. The lowest BCUT2D eigenvalue weighted by Gasteiger charge is -2.37. The summed E-state index contributed by atoms with van der Waals surface area (Å²) in [5, 5.41) is 2.92. The zero-order chi connectivity index (χ0) is 20.1. The molecule has 0 saturated carbocycles. The van der Waals surface area contributed by atoms with E-state index in [1.807, 2.05) is 30.9 Å². The van der Waals surface area contributed by atoms with Crippen LogP contribution in [0.4, 0.5) is 5.95 Å². The number of carbonyl (C=O) groups is 2. The zero-order valence-corrected chi connectivity index (χ0v) is 17.6. The summed E-state index contributed by atoms with van der Waals surface area (Å²) in [6, 6.07) is 8.41. The molecular formula is C20H24BrN5O2. The first-order chi connectivity index (χ1) is 13.5. The summed E-state index contributed by atoms with van der Waals surface area (Å²) in [6.45, 7) is 6.36. The highest BCUT2D eigenvalue weighted by atomic mass is 79.9. The Morgan fingerprint density at radius 2 is 1.68 bits per heavy atom. The van der Waals surface area contributed by atoms with Gasteiger partial charge in [-0.3, -0.25) is 9.59 Å². The average molecular weight is 446 g/mol. The number of nitrogens with zero attached hydrogens (tertiary/aromatic N) is 4. The molecule has 0 aliphatic carbocycles. The van der Waals surface area contributed by atoms with Crippen LogP contribution in [0.2, 0.25) is 0 Å². The van der Waals surface area contributed by atoms with Crippen LogP contribution in [-0.4, -0.2) is 58.9 Å². The smallest absolute Gasteiger partial charge is 0.253 e. The molecule has 28 heavy (non-hydrogen) atoms. The van der Waals surface area contributed by atoms with E-state index in [0.717, 1.165) is 0 Å². The molecule has 2 amide bonds. The van der Waals surface area contributed by atoms with Crippen molar-refractivity contribution in [2.24, 2.45) is 5.92 Å². The molecule has 2 heterocycles. The predicted octanol–water partition coefficient (Wildman–Crippen LogP) is 2.34. The summed E-state index contributed by atoms with van der Waals surface area (Å²) in [5.41, 5.74) is 0.520. The van der Waals surface area contributed by atoms with Gasteiger partial charge < -0.3 is 15.1 Å². The van der Waals surface area contributed by atoms with E-state index in [4.69, 9.17) is 0 Å². The molecular weight excluding hydrogens is 422 g/mol. The second-order valence-electron chi connectivity index (χ2n) is 7.04. The van der Waals surface area contributed by atoms with Crippen molar-refractivity contribution < 1.29 is 9.59 Å². The molecule has 0 unspecified atom stereocenters. The fourth-order valence-electron chi connectivity index (χ4n) is 3.16. The van der Waals surface area contributed by atoms with Gasteiger partial charge in [0.05, 0.1) is 5.56 Å². The topological polar surface area (TPSA) is 78.4 Å². The number of rotatable bonds is 5. The van der Waals surface area contributed by atoms with Crippen LogP contribution in [0.3, 0.4) is 0 Å². The van der Waals surface area contributed by atoms with Gasteiger partial charge in [0.15, 0.2) is 0 Å². The van der Waals surface area contributed by atoms with E-state index < -0.39 is 6.04 Å². The maximum Gasteiger partial charge on any atom is 0.253 e. The van der Waals surface area contributed by atoms with Crippen molar-refractivity contribution in [3.05, 3.63) is 52.8 Å². The van der Waals surface area contributed by atoms with Crippen LogP contribution in [0.1, 0.15) is 24.2 Å². The van der Waals surface area contributed by atoms with Crippen molar-refractivity contribution in [3.8, 4) is 0 Å². The molecule has 3 rings (SSSR count). The molecule has 1 aliphatic heterocycles. The Kier molecular flexibility index (Phi) is 6.61. The Bertz CT molecular complexity index is 822. The first-order valence-corrected chi connectivity index (χ1v) is 10.1. The third kappa shape index (κ3) is 4.67. The number of carbonyl (C=O) groups excluding carboxylic acids is 2. The van der Waals surface area contributed by atoms with Crippen LogP contribution in [0, 0.1) is 5.92 Å². The Morgan fingerprint density at radius 1 is 1.04 bits per heavy atom. The maximum absolute atomic E-state index is 13.1.